The molecule has 2 fully saturated rings. The smallest absolute Gasteiger partial charge is 0.309 e. The van der Waals surface area contributed by atoms with Crippen LogP contribution in [0.1, 0.15) is 57.1 Å². The second kappa shape index (κ2) is 9.17. The van der Waals surface area contributed by atoms with Crippen LogP contribution in [0.4, 0.5) is 0 Å². The molecule has 5 heteroatoms. The van der Waals surface area contributed by atoms with E-state index in [1.807, 2.05) is 37.3 Å². The van der Waals surface area contributed by atoms with Crippen molar-refractivity contribution < 1.29 is 14.3 Å². The Balaban J connectivity index is 1.68. The summed E-state index contributed by atoms with van der Waals surface area (Å²) in [7, 11) is 0. The summed E-state index contributed by atoms with van der Waals surface area (Å²) in [5.74, 6) is -0.0444. The second-order valence-corrected chi connectivity index (χ2v) is 7.37. The van der Waals surface area contributed by atoms with Crippen LogP contribution in [0.25, 0.3) is 0 Å². The van der Waals surface area contributed by atoms with E-state index in [0.717, 1.165) is 44.3 Å². The molecule has 1 saturated heterocycles. The molecule has 0 spiro atoms. The molecule has 142 valence electrons. The van der Waals surface area contributed by atoms with Gasteiger partial charge < -0.3 is 10.1 Å². The zero-order chi connectivity index (χ0) is 18.4. The molecule has 0 radical (unpaired) electrons. The highest BCUT2D eigenvalue weighted by atomic mass is 16.5. The zero-order valence-corrected chi connectivity index (χ0v) is 15.7. The minimum Gasteiger partial charge on any atom is -0.466 e. The summed E-state index contributed by atoms with van der Waals surface area (Å²) in [6.45, 7) is 3.74. The van der Waals surface area contributed by atoms with Gasteiger partial charge in [-0.25, -0.2) is 0 Å². The summed E-state index contributed by atoms with van der Waals surface area (Å²) in [5, 5.41) is 3.26. The average molecular weight is 358 g/mol. The van der Waals surface area contributed by atoms with Gasteiger partial charge in [-0.2, -0.15) is 0 Å². The summed E-state index contributed by atoms with van der Waals surface area (Å²) in [6.07, 6.45) is 6.06. The van der Waals surface area contributed by atoms with Gasteiger partial charge in [-0.1, -0.05) is 43.2 Å². The molecule has 26 heavy (non-hydrogen) atoms. The van der Waals surface area contributed by atoms with E-state index in [4.69, 9.17) is 4.74 Å². The highest BCUT2D eigenvalue weighted by Crippen LogP contribution is 2.29. The van der Waals surface area contributed by atoms with Crippen LogP contribution in [0, 0.1) is 5.92 Å². The number of benzene rings is 1. The van der Waals surface area contributed by atoms with Gasteiger partial charge in [-0.3, -0.25) is 14.5 Å². The Morgan fingerprint density at radius 3 is 2.38 bits per heavy atom. The second-order valence-electron chi connectivity index (χ2n) is 7.37. The van der Waals surface area contributed by atoms with E-state index in [1.54, 1.807) is 0 Å². The number of hydrogen-bond donors (Lipinski definition) is 1. The number of likely N-dealkylation sites (tertiary alicyclic amines) is 1. The number of hydrogen-bond acceptors (Lipinski definition) is 4. The molecule has 1 aromatic carbocycles. The Labute approximate surface area is 156 Å². The van der Waals surface area contributed by atoms with Gasteiger partial charge in [0.2, 0.25) is 5.91 Å². The molecule has 1 heterocycles. The van der Waals surface area contributed by atoms with Crippen molar-refractivity contribution in [1.82, 2.24) is 10.2 Å². The fourth-order valence-corrected chi connectivity index (χ4v) is 4.17. The van der Waals surface area contributed by atoms with Crippen molar-refractivity contribution in [2.75, 3.05) is 19.7 Å². The highest BCUT2D eigenvalue weighted by molar-refractivity contribution is 5.83. The lowest BCUT2D eigenvalue weighted by Crippen LogP contribution is -2.47. The van der Waals surface area contributed by atoms with Crippen LogP contribution in [0.3, 0.4) is 0 Å². The van der Waals surface area contributed by atoms with E-state index in [9.17, 15) is 9.59 Å². The van der Waals surface area contributed by atoms with Gasteiger partial charge in [0.25, 0.3) is 0 Å². The van der Waals surface area contributed by atoms with Crippen LogP contribution in [0.5, 0.6) is 0 Å². The SMILES string of the molecule is CCOC(=O)C1CCN(C(C(=O)NC2CCCC2)c2ccccc2)CC1. The number of ether oxygens (including phenoxy) is 1. The molecule has 1 unspecified atom stereocenters. The number of rotatable bonds is 6. The fraction of sp³-hybridized carbons (Fsp3) is 0.619. The topological polar surface area (TPSA) is 58.6 Å². The van der Waals surface area contributed by atoms with E-state index >= 15 is 0 Å². The third kappa shape index (κ3) is 4.64. The van der Waals surface area contributed by atoms with Crippen molar-refractivity contribution >= 4 is 11.9 Å². The molecular weight excluding hydrogens is 328 g/mol. The molecule has 1 amide bonds. The average Bonchev–Trinajstić information content (AvgIpc) is 3.16. The van der Waals surface area contributed by atoms with E-state index in [2.05, 4.69) is 10.2 Å². The maximum atomic E-state index is 13.1. The zero-order valence-electron chi connectivity index (χ0n) is 15.7. The number of esters is 1. The van der Waals surface area contributed by atoms with Gasteiger partial charge in [-0.05, 0) is 38.2 Å². The van der Waals surface area contributed by atoms with Gasteiger partial charge >= 0.3 is 5.97 Å². The summed E-state index contributed by atoms with van der Waals surface area (Å²) in [5.41, 5.74) is 1.03. The molecule has 1 aliphatic heterocycles. The summed E-state index contributed by atoms with van der Waals surface area (Å²) in [6, 6.07) is 10.0. The molecule has 1 N–H and O–H groups in total. The Bertz CT molecular complexity index is 591. The van der Waals surface area contributed by atoms with E-state index in [1.165, 1.54) is 12.8 Å². The molecule has 3 rings (SSSR count). The van der Waals surface area contributed by atoms with Gasteiger partial charge in [0, 0.05) is 19.1 Å². The number of amides is 1. The number of nitrogens with one attached hydrogen (secondary N) is 1. The summed E-state index contributed by atoms with van der Waals surface area (Å²) < 4.78 is 5.16. The first-order valence-electron chi connectivity index (χ1n) is 9.95. The first-order chi connectivity index (χ1) is 12.7. The van der Waals surface area contributed by atoms with E-state index in [-0.39, 0.29) is 23.8 Å². The van der Waals surface area contributed by atoms with Crippen LogP contribution >= 0.6 is 0 Å². The molecule has 0 aromatic heterocycles. The molecule has 1 saturated carbocycles. The third-order valence-electron chi connectivity index (χ3n) is 5.58. The van der Waals surface area contributed by atoms with Crippen molar-refractivity contribution in [2.45, 2.75) is 57.5 Å². The van der Waals surface area contributed by atoms with Gasteiger partial charge in [0.1, 0.15) is 6.04 Å². The van der Waals surface area contributed by atoms with Crippen LogP contribution in [0.15, 0.2) is 30.3 Å². The van der Waals surface area contributed by atoms with E-state index in [0.29, 0.717) is 12.6 Å². The predicted octanol–water partition coefficient (Wildman–Crippen LogP) is 3.06. The Kier molecular flexibility index (Phi) is 6.67. The first kappa shape index (κ1) is 18.9. The lowest BCUT2D eigenvalue weighted by molar-refractivity contribution is -0.150. The van der Waals surface area contributed by atoms with Crippen LogP contribution in [-0.4, -0.2) is 42.5 Å². The number of carbonyl (C=O) groups excluding carboxylic acids is 2. The molecule has 2 aliphatic rings. The Morgan fingerprint density at radius 2 is 1.77 bits per heavy atom. The van der Waals surface area contributed by atoms with Gasteiger partial charge in [-0.15, -0.1) is 0 Å². The lowest BCUT2D eigenvalue weighted by atomic mass is 9.94. The molecule has 1 atom stereocenters. The quantitative estimate of drug-likeness (QED) is 0.794. The standard InChI is InChI=1S/C21H30N2O3/c1-2-26-21(25)17-12-14-23(15-13-17)19(16-8-4-3-5-9-16)20(24)22-18-10-6-7-11-18/h3-5,8-9,17-19H,2,6-7,10-15H2,1H3,(H,22,24). The minimum absolute atomic E-state index is 0.0412. The number of nitrogens with zero attached hydrogens (tertiary/aromatic N) is 1. The largest absolute Gasteiger partial charge is 0.466 e. The Hall–Kier alpha value is -1.88. The van der Waals surface area contributed by atoms with Crippen LogP contribution in [0.2, 0.25) is 0 Å². The molecule has 5 nitrogen and oxygen atoms in total. The molecule has 0 bridgehead atoms. The first-order valence-corrected chi connectivity index (χ1v) is 9.95. The van der Waals surface area contributed by atoms with Crippen LogP contribution in [-0.2, 0) is 14.3 Å². The van der Waals surface area contributed by atoms with Gasteiger partial charge in [0.15, 0.2) is 0 Å². The van der Waals surface area contributed by atoms with Gasteiger partial charge in [0.05, 0.1) is 12.5 Å². The molecule has 1 aromatic rings. The van der Waals surface area contributed by atoms with Crippen molar-refractivity contribution in [2.24, 2.45) is 5.92 Å². The van der Waals surface area contributed by atoms with Crippen LogP contribution < -0.4 is 5.32 Å². The van der Waals surface area contributed by atoms with Crippen molar-refractivity contribution in [3.8, 4) is 0 Å². The number of carbonyl (C=O) groups is 2. The third-order valence-corrected chi connectivity index (χ3v) is 5.58. The fourth-order valence-electron chi connectivity index (χ4n) is 4.17. The maximum Gasteiger partial charge on any atom is 0.309 e. The normalized spacial score (nSPS) is 20.7. The summed E-state index contributed by atoms with van der Waals surface area (Å²) >= 11 is 0. The monoisotopic (exact) mass is 358 g/mol. The van der Waals surface area contributed by atoms with E-state index < -0.39 is 0 Å². The molecular formula is C21H30N2O3. The predicted molar refractivity (Wildman–Crippen MR) is 101 cm³/mol. The molecule has 1 aliphatic carbocycles. The Morgan fingerprint density at radius 1 is 1.12 bits per heavy atom. The minimum atomic E-state index is -0.278. The van der Waals surface area contributed by atoms with Crippen molar-refractivity contribution in [3.05, 3.63) is 35.9 Å². The van der Waals surface area contributed by atoms with Crippen molar-refractivity contribution in [3.63, 3.8) is 0 Å². The number of piperidine rings is 1. The lowest BCUT2D eigenvalue weighted by Gasteiger charge is -2.36. The maximum absolute atomic E-state index is 13.1. The highest BCUT2D eigenvalue weighted by Gasteiger charge is 2.34. The summed E-state index contributed by atoms with van der Waals surface area (Å²) in [4.78, 5) is 27.3. The van der Waals surface area contributed by atoms with Crippen molar-refractivity contribution in [1.29, 1.82) is 0 Å².